The molecule has 2 saturated carbocycles. The van der Waals surface area contributed by atoms with Crippen LogP contribution in [0.4, 0.5) is 32.1 Å². The molecule has 4 aliphatic rings. The molecule has 20 N–H and O–H groups in total. The highest BCUT2D eigenvalue weighted by atomic mass is 19.1. The highest BCUT2D eigenvalue weighted by molar-refractivity contribution is 6.06. The lowest BCUT2D eigenvalue weighted by atomic mass is 10.0. The van der Waals surface area contributed by atoms with Crippen molar-refractivity contribution in [2.75, 3.05) is 56.0 Å². The lowest BCUT2D eigenvalue weighted by molar-refractivity contribution is 0.0668. The van der Waals surface area contributed by atoms with E-state index in [9.17, 15) is 52.2 Å². The Bertz CT molecular complexity index is 6200. The third-order valence-corrected chi connectivity index (χ3v) is 23.9. The van der Waals surface area contributed by atoms with E-state index in [1.165, 1.54) is 16.8 Å². The number of nitrogen functional groups attached to an aromatic ring is 3. The van der Waals surface area contributed by atoms with Gasteiger partial charge in [-0.3, -0.25) is 38.4 Å². The second kappa shape index (κ2) is 41.8. The average Bonchev–Trinajstić information content (AvgIpc) is 1.64. The van der Waals surface area contributed by atoms with Gasteiger partial charge < -0.3 is 81.3 Å². The van der Waals surface area contributed by atoms with E-state index >= 15 is 0 Å². The fourth-order valence-corrected chi connectivity index (χ4v) is 16.7. The molecular weight excluding hydrogens is 1660 g/mol. The number of nitrogens with two attached hydrogens (primary N) is 7. The third-order valence-electron chi connectivity index (χ3n) is 23.9. The van der Waals surface area contributed by atoms with Gasteiger partial charge in [-0.2, -0.15) is 20.4 Å². The summed E-state index contributed by atoms with van der Waals surface area (Å²) in [6.45, 7) is 12.0. The minimum Gasteiger partial charge on any atom is -0.388 e. The molecule has 2 unspecified atom stereocenters. The van der Waals surface area contributed by atoms with Crippen molar-refractivity contribution in [3.63, 3.8) is 0 Å². The van der Waals surface area contributed by atoms with Crippen molar-refractivity contribution in [2.24, 2.45) is 22.9 Å². The fourth-order valence-electron chi connectivity index (χ4n) is 16.7. The second-order valence-corrected chi connectivity index (χ2v) is 32.8. The number of carbonyl (C=O) groups is 8. The van der Waals surface area contributed by atoms with E-state index in [1.54, 1.807) is 77.1 Å². The zero-order valence-corrected chi connectivity index (χ0v) is 73.3. The van der Waals surface area contributed by atoms with E-state index in [0.29, 0.717) is 99.1 Å². The van der Waals surface area contributed by atoms with Gasteiger partial charge >= 0.3 is 0 Å². The van der Waals surface area contributed by atoms with Crippen molar-refractivity contribution in [1.29, 1.82) is 0 Å². The first-order valence-corrected chi connectivity index (χ1v) is 43.1. The van der Waals surface area contributed by atoms with Crippen molar-refractivity contribution in [3.05, 3.63) is 282 Å². The standard InChI is InChI=1S/C25H28FN5O2.C25H29N5O3.C24H26FN5O2.C23H25N5O4/c1-14-7-8-15(2)19(11-14)25(33)29-13-17-10-9-16(12-20(17)26)22-21(24(28)32)23(27)31(30-22)18-5-3-4-6-18;1-16-5-3-4-6-20(16)25(32)28-15-17-7-9-18(10-8-17)22-21(23(26)31)24(27-2)30(29-22)19-11-13-33-14-12-19;1-14-6-2-5-9-18(14)24(32)28-13-16-11-10-15(12-19(16)25)21-20(23(27)31)22(26)30(29-21)17-7-3-4-8-17;1-13-4-2-3-5-16(13)23(31)26-10-14-6-8-15(9-7-14)20-19(22(25)30)21(24)28(27-20)17-11-32-12-18(17)29/h7-12,18H,3-6,13,27H2,1-2H3,(H2,28,32)(H,29,33);3-10,19,27H,11-15H2,1-2H3,(H2,26,31)(H,28,32);2,5-6,9-12,17H,3-4,7-8,13,26H2,1H3,(H2,27,31)(H,28,32);2-9,17-18,29H,10-12,24H2,1H3,(H2,25,30)(H,26,31). The molecule has 4 aromatic heterocycles. The highest BCUT2D eigenvalue weighted by Crippen LogP contribution is 2.40. The van der Waals surface area contributed by atoms with E-state index in [2.05, 4.69) is 41.9 Å². The molecule has 12 aromatic rings. The summed E-state index contributed by atoms with van der Waals surface area (Å²) in [5.41, 5.74) is 54.8. The Morgan fingerprint density at radius 1 is 0.392 bits per heavy atom. The van der Waals surface area contributed by atoms with E-state index < -0.39 is 47.4 Å². The van der Waals surface area contributed by atoms with Crippen LogP contribution in [0.3, 0.4) is 0 Å². The second-order valence-electron chi connectivity index (χ2n) is 32.8. The van der Waals surface area contributed by atoms with E-state index in [-0.39, 0.29) is 114 Å². The Kier molecular flexibility index (Phi) is 29.9. The number of rotatable bonds is 25. The maximum absolute atomic E-state index is 14.9. The molecule has 0 radical (unpaired) electrons. The van der Waals surface area contributed by atoms with E-state index in [0.717, 1.165) is 109 Å². The van der Waals surface area contributed by atoms with Crippen LogP contribution in [0, 0.1) is 46.3 Å². The maximum Gasteiger partial charge on any atom is 0.254 e. The molecule has 2 saturated heterocycles. The van der Waals surface area contributed by atoms with Crippen LogP contribution in [0.1, 0.15) is 221 Å². The van der Waals surface area contributed by atoms with Crippen LogP contribution in [0.5, 0.6) is 0 Å². The van der Waals surface area contributed by atoms with Gasteiger partial charge in [0.25, 0.3) is 47.3 Å². The zero-order valence-electron chi connectivity index (χ0n) is 73.3. The minimum absolute atomic E-state index is 0.0274. The Labute approximate surface area is 750 Å². The summed E-state index contributed by atoms with van der Waals surface area (Å²) in [6, 6.07) is 51.5. The number of aryl methyl sites for hydroxylation is 5. The predicted octanol–water partition coefficient (Wildman–Crippen LogP) is 12.4. The largest absolute Gasteiger partial charge is 0.388 e. The summed E-state index contributed by atoms with van der Waals surface area (Å²) in [6.07, 6.45) is 8.88. The highest BCUT2D eigenvalue weighted by Gasteiger charge is 2.36. The van der Waals surface area contributed by atoms with Crippen LogP contribution in [0.25, 0.3) is 45.0 Å². The Morgan fingerprint density at radius 2 is 0.738 bits per heavy atom. The van der Waals surface area contributed by atoms with Gasteiger partial charge in [-0.15, -0.1) is 0 Å². The van der Waals surface area contributed by atoms with Gasteiger partial charge in [0.1, 0.15) is 92.1 Å². The molecule has 16 rings (SSSR count). The predicted molar refractivity (Wildman–Crippen MR) is 492 cm³/mol. The topological polar surface area (TPSA) is 489 Å². The monoisotopic (exact) mass is 1770 g/mol. The van der Waals surface area contributed by atoms with Gasteiger partial charge in [0, 0.05) is 102 Å². The number of primary amides is 4. The SMILES string of the molecule is CNc1c(C(N)=O)c(-c2ccc(CNC(=O)c3ccccc3C)cc2)nn1C1CCOCC1.Cc1ccc(C)c(C(=O)NCc2ccc(-c3nn(C4CCCC4)c(N)c3C(N)=O)cc2F)c1.Cc1ccccc1C(=O)NCc1ccc(-c2nn(C3CCCC3)c(N)c2C(N)=O)cc1F.Cc1ccccc1C(=O)NCc1ccc(-c2nn(C3COCC3O)c(N)c2C(N)=O)cc1. The lowest BCUT2D eigenvalue weighted by Gasteiger charge is -2.24. The van der Waals surface area contributed by atoms with Crippen molar-refractivity contribution < 1.29 is 61.7 Å². The molecule has 2 aliphatic carbocycles. The van der Waals surface area contributed by atoms with Crippen molar-refractivity contribution in [3.8, 4) is 45.0 Å². The van der Waals surface area contributed by atoms with Gasteiger partial charge in [-0.1, -0.05) is 171 Å². The summed E-state index contributed by atoms with van der Waals surface area (Å²) in [7, 11) is 1.77. The molecule has 6 heterocycles. The average molecular weight is 1770 g/mol. The number of ether oxygens (including phenoxy) is 2. The summed E-state index contributed by atoms with van der Waals surface area (Å²) in [5, 5.41) is 42.9. The summed E-state index contributed by atoms with van der Waals surface area (Å²) in [4.78, 5) is 98.5. The third kappa shape index (κ3) is 21.3. The number of nitrogens with zero attached hydrogens (tertiary/aromatic N) is 8. The molecule has 4 fully saturated rings. The molecule has 130 heavy (non-hydrogen) atoms. The molecule has 2 aliphatic heterocycles. The first-order valence-electron chi connectivity index (χ1n) is 43.1. The quantitative estimate of drug-likeness (QED) is 0.0253. The number of hydrogen-bond donors (Lipinski definition) is 13. The van der Waals surface area contributed by atoms with Crippen LogP contribution >= 0.6 is 0 Å². The summed E-state index contributed by atoms with van der Waals surface area (Å²) < 4.78 is 47.1. The van der Waals surface area contributed by atoms with Gasteiger partial charge in [0.05, 0.1) is 31.3 Å². The first-order chi connectivity index (χ1) is 62.5. The summed E-state index contributed by atoms with van der Waals surface area (Å²) >= 11 is 0. The van der Waals surface area contributed by atoms with E-state index in [4.69, 9.17) is 54.7 Å². The number of hydrogen-bond acceptors (Lipinski definition) is 19. The first kappa shape index (κ1) is 93.0. The molecule has 2 atom stereocenters. The van der Waals surface area contributed by atoms with Crippen LogP contribution in [0.15, 0.2) is 176 Å². The molecule has 8 aromatic carbocycles. The number of aromatic nitrogens is 8. The summed E-state index contributed by atoms with van der Waals surface area (Å²) in [5.74, 6) is -3.30. The molecule has 33 heteroatoms. The van der Waals surface area contributed by atoms with Crippen LogP contribution in [-0.2, 0) is 35.7 Å². The molecule has 31 nitrogen and oxygen atoms in total. The van der Waals surface area contributed by atoms with Crippen molar-refractivity contribution in [1.82, 2.24) is 60.4 Å². The Morgan fingerprint density at radius 3 is 1.12 bits per heavy atom. The van der Waals surface area contributed by atoms with Gasteiger partial charge in [-0.05, 0) is 143 Å². The number of carbonyl (C=O) groups excluding carboxylic acids is 8. The Balaban J connectivity index is 0.000000148. The van der Waals surface area contributed by atoms with Gasteiger partial charge in [0.2, 0.25) is 0 Å². The van der Waals surface area contributed by atoms with E-state index in [1.807, 2.05) is 142 Å². The number of nitrogens with one attached hydrogen (secondary N) is 5. The number of aliphatic hydroxyl groups excluding tert-OH is 1. The smallest absolute Gasteiger partial charge is 0.254 e. The fraction of sp³-hybridized carbons (Fsp3) is 0.299. The van der Waals surface area contributed by atoms with Crippen molar-refractivity contribution in [2.45, 2.75) is 155 Å². The molecule has 0 spiro atoms. The lowest BCUT2D eigenvalue weighted by Crippen LogP contribution is -2.25. The minimum atomic E-state index is -0.773. The molecule has 0 bridgehead atoms. The number of aliphatic hydroxyl groups is 1. The molecular formula is C97H108F2N20O11. The number of benzene rings is 8. The Hall–Kier alpha value is -14.7. The van der Waals surface area contributed by atoms with Crippen LogP contribution in [0.2, 0.25) is 0 Å². The molecule has 8 amide bonds. The molecule has 676 valence electrons. The van der Waals surface area contributed by atoms with Gasteiger partial charge in [-0.25, -0.2) is 27.5 Å². The number of amides is 8. The number of anilines is 4. The normalized spacial score (nSPS) is 15.0. The van der Waals surface area contributed by atoms with Crippen LogP contribution < -0.4 is 66.7 Å². The van der Waals surface area contributed by atoms with Crippen LogP contribution in [-0.4, -0.2) is 131 Å². The maximum atomic E-state index is 14.9. The van der Waals surface area contributed by atoms with Crippen molar-refractivity contribution >= 4 is 70.5 Å². The number of halogens is 2. The zero-order chi connectivity index (χ0) is 92.7. The van der Waals surface area contributed by atoms with Gasteiger partial charge in [0.15, 0.2) is 0 Å².